The van der Waals surface area contributed by atoms with Gasteiger partial charge in [0.15, 0.2) is 5.78 Å². The van der Waals surface area contributed by atoms with E-state index >= 15 is 0 Å². The van der Waals surface area contributed by atoms with Gasteiger partial charge in [0, 0.05) is 0 Å². The largest absolute Gasteiger partial charge is 0.290 e. The third kappa shape index (κ3) is 2.57. The maximum Gasteiger partial charge on any atom is 0.178 e. The zero-order valence-electron chi connectivity index (χ0n) is 11.9. The summed E-state index contributed by atoms with van der Waals surface area (Å²) >= 11 is 0. The van der Waals surface area contributed by atoms with Crippen molar-refractivity contribution in [1.29, 1.82) is 0 Å². The molecule has 0 saturated heterocycles. The van der Waals surface area contributed by atoms with Crippen LogP contribution in [0.5, 0.6) is 0 Å². The molecule has 0 radical (unpaired) electrons. The highest BCUT2D eigenvalue weighted by Gasteiger charge is 2.21. The summed E-state index contributed by atoms with van der Waals surface area (Å²) in [5, 5.41) is 3.89. The average molecular weight is 292 g/mol. The van der Waals surface area contributed by atoms with Gasteiger partial charge in [-0.25, -0.2) is 0 Å². The predicted octanol–water partition coefficient (Wildman–Crippen LogP) is 3.15. The Morgan fingerprint density at radius 1 is 0.667 bits per heavy atom. The number of carbonyl (C=O) groups is 1. The smallest absolute Gasteiger partial charge is 0.178 e. The first-order valence-electron chi connectivity index (χ1n) is 6.96. The molecule has 0 spiro atoms. The minimum absolute atomic E-state index is 0.0615. The molecule has 1 nitrogen and oxygen atoms in total. The van der Waals surface area contributed by atoms with Crippen molar-refractivity contribution in [2.24, 2.45) is 0 Å². The van der Waals surface area contributed by atoms with Crippen LogP contribution in [0, 0.1) is 0 Å². The Balaban J connectivity index is 2.32. The van der Waals surface area contributed by atoms with Gasteiger partial charge in [-0.1, -0.05) is 72.8 Å². The van der Waals surface area contributed by atoms with E-state index in [-0.39, 0.29) is 5.78 Å². The summed E-state index contributed by atoms with van der Waals surface area (Å²) in [6.07, 6.45) is 7.30. The molecule has 2 heteroatoms. The maximum absolute atomic E-state index is 11.4. The predicted molar refractivity (Wildman–Crippen MR) is 93.3 cm³/mol. The first-order valence-corrected chi connectivity index (χ1v) is 9.20. The Morgan fingerprint density at radius 2 is 1.10 bits per heavy atom. The van der Waals surface area contributed by atoms with Crippen molar-refractivity contribution in [3.8, 4) is 0 Å². The third-order valence-corrected chi connectivity index (χ3v) is 7.89. The van der Waals surface area contributed by atoms with Crippen molar-refractivity contribution in [3.63, 3.8) is 0 Å². The molecule has 0 heterocycles. The number of ketones is 1. The Hall–Kier alpha value is -2.11. The lowest BCUT2D eigenvalue weighted by molar-refractivity contribution is -0.110. The Morgan fingerprint density at radius 3 is 1.52 bits per heavy atom. The summed E-state index contributed by atoms with van der Waals surface area (Å²) in [4.78, 5) is 11.4. The van der Waals surface area contributed by atoms with Crippen molar-refractivity contribution in [3.05, 3.63) is 85.0 Å². The van der Waals surface area contributed by atoms with Gasteiger partial charge >= 0.3 is 0 Å². The second kappa shape index (κ2) is 5.71. The Labute approximate surface area is 125 Å². The molecule has 1 aliphatic carbocycles. The summed E-state index contributed by atoms with van der Waals surface area (Å²) < 4.78 is 0. The molecule has 0 fully saturated rings. The molecule has 2 aromatic carbocycles. The number of benzene rings is 2. The lowest BCUT2D eigenvalue weighted by Crippen LogP contribution is -2.21. The van der Waals surface area contributed by atoms with Crippen LogP contribution in [0.2, 0.25) is 0 Å². The topological polar surface area (TPSA) is 17.1 Å². The fraction of sp³-hybridized carbons (Fsp3) is 0.0526. The highest BCUT2D eigenvalue weighted by molar-refractivity contribution is 7.89. The monoisotopic (exact) mass is 292 g/mol. The molecule has 0 aliphatic heterocycles. The molecular formula is C19H17OP. The molecule has 0 unspecified atom stereocenters. The summed E-state index contributed by atoms with van der Waals surface area (Å²) in [6, 6.07) is 21.2. The highest BCUT2D eigenvalue weighted by Crippen LogP contribution is 2.43. The summed E-state index contributed by atoms with van der Waals surface area (Å²) in [5.74, 6) is 0.0615. The zero-order chi connectivity index (χ0) is 14.7. The number of hydrogen-bond acceptors (Lipinski definition) is 1. The van der Waals surface area contributed by atoms with Crippen LogP contribution in [0.25, 0.3) is 0 Å². The molecule has 0 amide bonds. The van der Waals surface area contributed by atoms with Crippen molar-refractivity contribution in [1.82, 2.24) is 0 Å². The van der Waals surface area contributed by atoms with Gasteiger partial charge in [0.25, 0.3) is 0 Å². The van der Waals surface area contributed by atoms with Crippen LogP contribution < -0.4 is 10.6 Å². The Bertz CT molecular complexity index is 706. The molecule has 21 heavy (non-hydrogen) atoms. The average Bonchev–Trinajstić information content (AvgIpc) is 2.56. The van der Waals surface area contributed by atoms with Gasteiger partial charge < -0.3 is 0 Å². The molecule has 0 bridgehead atoms. The second-order valence-corrected chi connectivity index (χ2v) is 8.73. The first-order chi connectivity index (χ1) is 10.2. The van der Waals surface area contributed by atoms with Crippen LogP contribution >= 0.6 is 6.89 Å². The summed E-state index contributed by atoms with van der Waals surface area (Å²) in [7, 11) is 0. The van der Waals surface area contributed by atoms with E-state index in [1.807, 2.05) is 24.3 Å². The summed E-state index contributed by atoms with van der Waals surface area (Å²) in [6.45, 7) is 0.632. The lowest BCUT2D eigenvalue weighted by Gasteiger charge is -2.26. The van der Waals surface area contributed by atoms with Crippen LogP contribution in [0.3, 0.4) is 0 Å². The van der Waals surface area contributed by atoms with Crippen LogP contribution in [0.4, 0.5) is 0 Å². The lowest BCUT2D eigenvalue weighted by atomic mass is 10.2. The summed E-state index contributed by atoms with van der Waals surface area (Å²) in [5.41, 5.74) is 0. The van der Waals surface area contributed by atoms with Crippen molar-refractivity contribution in [2.45, 2.75) is 0 Å². The van der Waals surface area contributed by atoms with Crippen LogP contribution in [0.15, 0.2) is 85.0 Å². The van der Waals surface area contributed by atoms with E-state index in [0.29, 0.717) is 0 Å². The number of allylic oxidation sites excluding steroid dienone is 4. The maximum atomic E-state index is 11.4. The molecule has 0 saturated carbocycles. The third-order valence-electron chi connectivity index (χ3n) is 3.90. The van der Waals surface area contributed by atoms with Gasteiger partial charge in [-0.15, -0.1) is 0 Å². The highest BCUT2D eigenvalue weighted by atomic mass is 31.2. The van der Waals surface area contributed by atoms with E-state index in [2.05, 4.69) is 55.2 Å². The number of hydrogen-bond donors (Lipinski definition) is 0. The van der Waals surface area contributed by atoms with Crippen molar-refractivity contribution in [2.75, 3.05) is 6.66 Å². The molecule has 1 aliphatic rings. The fourth-order valence-electron chi connectivity index (χ4n) is 2.64. The van der Waals surface area contributed by atoms with E-state index in [1.165, 1.54) is 15.9 Å². The minimum atomic E-state index is -1.69. The van der Waals surface area contributed by atoms with E-state index in [1.54, 1.807) is 12.2 Å². The van der Waals surface area contributed by atoms with Gasteiger partial charge in [0.05, 0.1) is 0 Å². The standard InChI is InChI=1S/C19H17OP/c1-21(17-8-4-2-5-9-17,18-10-6-3-7-11-18)19-14-12-16(20)13-15-19/h2-15H,1H3. The number of rotatable bonds is 2. The van der Waals surface area contributed by atoms with Crippen LogP contribution in [-0.4, -0.2) is 17.7 Å². The van der Waals surface area contributed by atoms with E-state index in [0.717, 1.165) is 0 Å². The van der Waals surface area contributed by atoms with Gasteiger partial charge in [0.2, 0.25) is 0 Å². The molecular weight excluding hydrogens is 275 g/mol. The van der Waals surface area contributed by atoms with Gasteiger partial charge in [-0.05, 0) is 41.6 Å². The Kier molecular flexibility index (Phi) is 3.77. The molecule has 3 rings (SSSR count). The van der Waals surface area contributed by atoms with Crippen molar-refractivity contribution < 1.29 is 4.79 Å². The molecule has 0 N–H and O–H groups in total. The van der Waals surface area contributed by atoms with E-state index in [9.17, 15) is 4.79 Å². The van der Waals surface area contributed by atoms with E-state index in [4.69, 9.17) is 0 Å². The zero-order valence-corrected chi connectivity index (χ0v) is 12.8. The molecule has 104 valence electrons. The number of carbonyl (C=O) groups excluding carboxylic acids is 1. The van der Waals surface area contributed by atoms with Gasteiger partial charge in [-0.2, -0.15) is 0 Å². The molecule has 2 aromatic rings. The van der Waals surface area contributed by atoms with Gasteiger partial charge in [0.1, 0.15) is 0 Å². The van der Waals surface area contributed by atoms with Crippen molar-refractivity contribution >= 4 is 28.6 Å². The minimum Gasteiger partial charge on any atom is -0.290 e. The normalized spacial score (nSPS) is 14.5. The fourth-order valence-corrected chi connectivity index (χ4v) is 5.82. The SMILES string of the molecule is CP(=C1C=CC(=O)C=C1)(c1ccccc1)c1ccccc1. The van der Waals surface area contributed by atoms with E-state index < -0.39 is 6.89 Å². The first kappa shape index (κ1) is 13.9. The quantitative estimate of drug-likeness (QED) is 0.777. The van der Waals surface area contributed by atoms with Gasteiger partial charge in [-0.3, -0.25) is 4.79 Å². The van der Waals surface area contributed by atoms with Crippen LogP contribution in [0.1, 0.15) is 0 Å². The molecule has 0 atom stereocenters. The van der Waals surface area contributed by atoms with Crippen LogP contribution in [-0.2, 0) is 4.79 Å². The molecule has 0 aromatic heterocycles. The second-order valence-electron chi connectivity index (χ2n) is 5.17.